The van der Waals surface area contributed by atoms with Gasteiger partial charge in [-0.25, -0.2) is 0 Å². The van der Waals surface area contributed by atoms with Crippen molar-refractivity contribution in [3.05, 3.63) is 58.9 Å². The second kappa shape index (κ2) is 5.79. The number of aromatic nitrogens is 1. The molecule has 1 aliphatic heterocycles. The molecule has 3 rings (SSSR count). The third kappa shape index (κ3) is 2.69. The number of likely N-dealkylation sites (tertiary alicyclic amines) is 1. The van der Waals surface area contributed by atoms with E-state index in [9.17, 15) is 9.59 Å². The summed E-state index contributed by atoms with van der Waals surface area (Å²) >= 11 is 0. The van der Waals surface area contributed by atoms with Crippen LogP contribution in [0.5, 0.6) is 0 Å². The molecule has 0 saturated carbocycles. The monoisotopic (exact) mass is 296 g/mol. The first-order chi connectivity index (χ1) is 10.6. The number of nitrogens with zero attached hydrogens (tertiary/aromatic N) is 1. The number of aromatic amines is 1. The van der Waals surface area contributed by atoms with Crippen LogP contribution in [-0.4, -0.2) is 28.1 Å². The largest absolute Gasteiger partial charge is 0.356 e. The number of Topliss-reactive ketones (excluding diaryl/α,β-unsaturated/α-hetero) is 1. The number of nitrogens with one attached hydrogen (secondary N) is 1. The molecule has 2 heterocycles. The molecule has 0 spiro atoms. The van der Waals surface area contributed by atoms with Gasteiger partial charge in [0.25, 0.3) is 5.91 Å². The van der Waals surface area contributed by atoms with E-state index in [1.54, 1.807) is 12.3 Å². The summed E-state index contributed by atoms with van der Waals surface area (Å²) in [7, 11) is 0. The second-order valence-electron chi connectivity index (χ2n) is 5.93. The predicted molar refractivity (Wildman–Crippen MR) is 85.0 cm³/mol. The molecule has 1 aromatic heterocycles. The molecule has 2 aromatic rings. The molecular weight excluding hydrogens is 276 g/mol. The van der Waals surface area contributed by atoms with E-state index in [-0.39, 0.29) is 17.7 Å². The van der Waals surface area contributed by atoms with Crippen LogP contribution in [0.1, 0.15) is 57.8 Å². The van der Waals surface area contributed by atoms with Gasteiger partial charge in [0.2, 0.25) is 0 Å². The smallest absolute Gasteiger partial charge is 0.270 e. The van der Waals surface area contributed by atoms with Gasteiger partial charge in [-0.05, 0) is 38.3 Å². The van der Waals surface area contributed by atoms with Crippen LogP contribution in [0.15, 0.2) is 36.5 Å². The summed E-state index contributed by atoms with van der Waals surface area (Å²) in [5.41, 5.74) is 3.43. The number of H-pyrrole nitrogens is 1. The minimum absolute atomic E-state index is 0.0319. The van der Waals surface area contributed by atoms with Gasteiger partial charge in [-0.2, -0.15) is 0 Å². The minimum atomic E-state index is -0.0354. The number of amides is 1. The second-order valence-corrected chi connectivity index (χ2v) is 5.93. The number of benzene rings is 1. The Bertz CT molecular complexity index is 700. The first-order valence-corrected chi connectivity index (χ1v) is 7.63. The molecule has 114 valence electrons. The molecule has 22 heavy (non-hydrogen) atoms. The first kappa shape index (κ1) is 14.6. The summed E-state index contributed by atoms with van der Waals surface area (Å²) in [6, 6.07) is 10.1. The quantitative estimate of drug-likeness (QED) is 0.881. The van der Waals surface area contributed by atoms with Crippen LogP contribution >= 0.6 is 0 Å². The Morgan fingerprint density at radius 2 is 1.95 bits per heavy atom. The lowest BCUT2D eigenvalue weighted by Crippen LogP contribution is -2.30. The van der Waals surface area contributed by atoms with Crippen LogP contribution in [0.3, 0.4) is 0 Å². The van der Waals surface area contributed by atoms with Crippen molar-refractivity contribution < 1.29 is 9.59 Å². The fraction of sp³-hybridized carbons (Fsp3) is 0.333. The molecule has 1 aromatic carbocycles. The van der Waals surface area contributed by atoms with Crippen molar-refractivity contribution in [3.63, 3.8) is 0 Å². The molecule has 1 saturated heterocycles. The van der Waals surface area contributed by atoms with Crippen LogP contribution in [0, 0.1) is 6.92 Å². The number of carbonyl (C=O) groups is 2. The summed E-state index contributed by atoms with van der Waals surface area (Å²) < 4.78 is 0. The number of hydrogen-bond donors (Lipinski definition) is 1. The Kier molecular flexibility index (Phi) is 3.84. The molecule has 1 atom stereocenters. The number of carbonyl (C=O) groups excluding carboxylic acids is 2. The third-order valence-corrected chi connectivity index (χ3v) is 4.30. The summed E-state index contributed by atoms with van der Waals surface area (Å²) in [6.45, 7) is 4.32. The van der Waals surface area contributed by atoms with Gasteiger partial charge in [0.1, 0.15) is 5.69 Å². The number of ketones is 1. The van der Waals surface area contributed by atoms with Crippen LogP contribution in [0.25, 0.3) is 0 Å². The lowest BCUT2D eigenvalue weighted by Gasteiger charge is -2.24. The van der Waals surface area contributed by atoms with Gasteiger partial charge in [-0.1, -0.05) is 29.8 Å². The Hall–Kier alpha value is -2.36. The highest BCUT2D eigenvalue weighted by Gasteiger charge is 2.31. The molecule has 4 heteroatoms. The molecule has 1 N–H and O–H groups in total. The van der Waals surface area contributed by atoms with E-state index in [2.05, 4.69) is 36.2 Å². The van der Waals surface area contributed by atoms with E-state index in [1.807, 2.05) is 4.90 Å². The first-order valence-electron chi connectivity index (χ1n) is 7.63. The zero-order valence-corrected chi connectivity index (χ0v) is 12.9. The van der Waals surface area contributed by atoms with Gasteiger partial charge in [0.05, 0.1) is 6.04 Å². The summed E-state index contributed by atoms with van der Waals surface area (Å²) in [5.74, 6) is -0.0672. The Morgan fingerprint density at radius 3 is 2.59 bits per heavy atom. The third-order valence-electron chi connectivity index (χ3n) is 4.30. The van der Waals surface area contributed by atoms with Crippen LogP contribution in [-0.2, 0) is 0 Å². The number of hydrogen-bond acceptors (Lipinski definition) is 2. The molecular formula is C18H20N2O2. The van der Waals surface area contributed by atoms with Gasteiger partial charge >= 0.3 is 0 Å². The molecule has 1 fully saturated rings. The lowest BCUT2D eigenvalue weighted by molar-refractivity contribution is 0.0730. The fourth-order valence-corrected chi connectivity index (χ4v) is 3.02. The highest BCUT2D eigenvalue weighted by Crippen LogP contribution is 2.33. The van der Waals surface area contributed by atoms with E-state index in [0.717, 1.165) is 19.4 Å². The fourth-order valence-electron chi connectivity index (χ4n) is 3.02. The molecule has 0 unspecified atom stereocenters. The van der Waals surface area contributed by atoms with Crippen molar-refractivity contribution >= 4 is 11.7 Å². The van der Waals surface area contributed by atoms with E-state index in [1.165, 1.54) is 18.1 Å². The highest BCUT2D eigenvalue weighted by atomic mass is 16.2. The zero-order chi connectivity index (χ0) is 15.7. The highest BCUT2D eigenvalue weighted by molar-refractivity contribution is 5.99. The van der Waals surface area contributed by atoms with Crippen LogP contribution in [0.2, 0.25) is 0 Å². The average molecular weight is 296 g/mol. The maximum Gasteiger partial charge on any atom is 0.270 e. The van der Waals surface area contributed by atoms with Crippen molar-refractivity contribution in [2.24, 2.45) is 0 Å². The van der Waals surface area contributed by atoms with Crippen molar-refractivity contribution in [2.45, 2.75) is 32.7 Å². The number of rotatable bonds is 3. The lowest BCUT2D eigenvalue weighted by atomic mass is 10.0. The van der Waals surface area contributed by atoms with Crippen molar-refractivity contribution in [1.82, 2.24) is 9.88 Å². The Labute approximate surface area is 130 Å². The summed E-state index contributed by atoms with van der Waals surface area (Å²) in [6.07, 6.45) is 3.59. The van der Waals surface area contributed by atoms with Gasteiger partial charge in [0.15, 0.2) is 5.78 Å². The molecule has 1 amide bonds. The molecule has 0 radical (unpaired) electrons. The van der Waals surface area contributed by atoms with E-state index in [0.29, 0.717) is 11.3 Å². The number of aryl methyl sites for hydroxylation is 1. The predicted octanol–water partition coefficient (Wildman–Crippen LogP) is 3.50. The maximum atomic E-state index is 12.7. The van der Waals surface area contributed by atoms with Crippen LogP contribution in [0.4, 0.5) is 0 Å². The van der Waals surface area contributed by atoms with E-state index >= 15 is 0 Å². The topological polar surface area (TPSA) is 53.2 Å². The van der Waals surface area contributed by atoms with E-state index < -0.39 is 0 Å². The van der Waals surface area contributed by atoms with Crippen molar-refractivity contribution in [1.29, 1.82) is 0 Å². The average Bonchev–Trinajstić information content (AvgIpc) is 3.17. The van der Waals surface area contributed by atoms with Crippen molar-refractivity contribution in [2.75, 3.05) is 6.54 Å². The van der Waals surface area contributed by atoms with Gasteiger partial charge in [-0.15, -0.1) is 0 Å². The SMILES string of the molecule is CC(=O)c1c[nH]c(C(=O)N2CCC[C@@H]2c2ccc(C)cc2)c1. The minimum Gasteiger partial charge on any atom is -0.356 e. The molecule has 1 aliphatic rings. The van der Waals surface area contributed by atoms with Gasteiger partial charge < -0.3 is 9.88 Å². The van der Waals surface area contributed by atoms with Crippen LogP contribution < -0.4 is 0 Å². The van der Waals surface area contributed by atoms with Crippen molar-refractivity contribution in [3.8, 4) is 0 Å². The normalized spacial score (nSPS) is 17.7. The molecule has 4 nitrogen and oxygen atoms in total. The van der Waals surface area contributed by atoms with E-state index in [4.69, 9.17) is 0 Å². The zero-order valence-electron chi connectivity index (χ0n) is 12.9. The van der Waals surface area contributed by atoms with Gasteiger partial charge in [0, 0.05) is 18.3 Å². The maximum absolute atomic E-state index is 12.7. The summed E-state index contributed by atoms with van der Waals surface area (Å²) in [4.78, 5) is 28.9. The molecule has 0 bridgehead atoms. The standard InChI is InChI=1S/C18H20N2O2/c1-12-5-7-14(8-6-12)17-4-3-9-20(17)18(22)16-10-15(11-19-16)13(2)21/h5-8,10-11,17,19H,3-4,9H2,1-2H3/t17-/m1/s1. The summed E-state index contributed by atoms with van der Waals surface area (Å²) in [5, 5.41) is 0. The Morgan fingerprint density at radius 1 is 1.23 bits per heavy atom. The van der Waals surface area contributed by atoms with Gasteiger partial charge in [-0.3, -0.25) is 9.59 Å². The Balaban J connectivity index is 1.84. The molecule has 0 aliphatic carbocycles.